The van der Waals surface area contributed by atoms with Crippen LogP contribution in [0.25, 0.3) is 0 Å². The van der Waals surface area contributed by atoms with Gasteiger partial charge in [0.2, 0.25) is 0 Å². The molecule has 0 aromatic heterocycles. The molecule has 1 aliphatic carbocycles. The van der Waals surface area contributed by atoms with Crippen LogP contribution in [0.5, 0.6) is 0 Å². The van der Waals surface area contributed by atoms with Crippen LogP contribution >= 0.6 is 22.6 Å². The molecule has 3 rings (SSSR count). The van der Waals surface area contributed by atoms with Gasteiger partial charge in [0.1, 0.15) is 0 Å². The maximum absolute atomic E-state index is 5.93. The van der Waals surface area contributed by atoms with Crippen molar-refractivity contribution < 1.29 is 0 Å². The van der Waals surface area contributed by atoms with Crippen LogP contribution in [-0.4, -0.2) is 24.5 Å². The van der Waals surface area contributed by atoms with E-state index in [1.807, 2.05) is 0 Å². The number of nitrogens with two attached hydrogens (primary N) is 1. The predicted octanol–water partition coefficient (Wildman–Crippen LogP) is 2.71. The third-order valence-electron chi connectivity index (χ3n) is 4.73. The van der Waals surface area contributed by atoms with Gasteiger partial charge < -0.3 is 5.73 Å². The topological polar surface area (TPSA) is 29.3 Å². The Morgan fingerprint density at radius 2 is 1.83 bits per heavy atom. The molecule has 1 heterocycles. The van der Waals surface area contributed by atoms with Crippen LogP contribution in [-0.2, 0) is 6.54 Å². The van der Waals surface area contributed by atoms with Crippen molar-refractivity contribution in [3.63, 3.8) is 0 Å². The lowest BCUT2D eigenvalue weighted by molar-refractivity contribution is 0.107. The van der Waals surface area contributed by atoms with Crippen molar-refractivity contribution in [2.75, 3.05) is 19.6 Å². The maximum atomic E-state index is 5.93. The Labute approximate surface area is 123 Å². The van der Waals surface area contributed by atoms with Gasteiger partial charge in [-0.25, -0.2) is 0 Å². The number of piperidine rings is 1. The zero-order valence-electron chi connectivity index (χ0n) is 10.7. The van der Waals surface area contributed by atoms with Crippen molar-refractivity contribution in [3.05, 3.63) is 33.4 Å². The van der Waals surface area contributed by atoms with Gasteiger partial charge in [-0.05, 0) is 71.4 Å². The van der Waals surface area contributed by atoms with Gasteiger partial charge in [0, 0.05) is 23.2 Å². The average molecular weight is 356 g/mol. The predicted molar refractivity (Wildman–Crippen MR) is 83.2 cm³/mol. The van der Waals surface area contributed by atoms with E-state index in [9.17, 15) is 0 Å². The monoisotopic (exact) mass is 356 g/mol. The van der Waals surface area contributed by atoms with Crippen LogP contribution in [0.4, 0.5) is 0 Å². The van der Waals surface area contributed by atoms with E-state index in [1.165, 1.54) is 35.1 Å². The summed E-state index contributed by atoms with van der Waals surface area (Å²) in [6.45, 7) is 4.52. The molecule has 2 bridgehead atoms. The molecule has 1 aromatic rings. The molecule has 0 amide bonds. The second kappa shape index (κ2) is 5.47. The molecule has 2 nitrogen and oxygen atoms in total. The summed E-state index contributed by atoms with van der Waals surface area (Å²) in [5.41, 5.74) is 7.40. The maximum Gasteiger partial charge on any atom is 0.0244 e. The van der Waals surface area contributed by atoms with E-state index in [4.69, 9.17) is 5.73 Å². The van der Waals surface area contributed by atoms with Gasteiger partial charge in [0.15, 0.2) is 0 Å². The molecule has 0 spiro atoms. The van der Waals surface area contributed by atoms with Gasteiger partial charge in [0.25, 0.3) is 0 Å². The second-order valence-corrected chi connectivity index (χ2v) is 6.94. The fourth-order valence-electron chi connectivity index (χ4n) is 3.81. The minimum atomic E-state index is 0.802. The van der Waals surface area contributed by atoms with Crippen molar-refractivity contribution in [2.45, 2.75) is 19.4 Å². The van der Waals surface area contributed by atoms with Crippen molar-refractivity contribution in [1.82, 2.24) is 4.90 Å². The normalized spacial score (nSPS) is 31.8. The first-order valence-corrected chi connectivity index (χ1v) is 8.01. The summed E-state index contributed by atoms with van der Waals surface area (Å²) in [6, 6.07) is 8.74. The van der Waals surface area contributed by atoms with E-state index < -0.39 is 0 Å². The Morgan fingerprint density at radius 1 is 1.17 bits per heavy atom. The van der Waals surface area contributed by atoms with E-state index in [0.29, 0.717) is 0 Å². The first-order chi connectivity index (χ1) is 8.78. The molecule has 1 aromatic carbocycles. The molecule has 1 saturated carbocycles. The van der Waals surface area contributed by atoms with Crippen molar-refractivity contribution >= 4 is 22.6 Å². The minimum absolute atomic E-state index is 0.802. The van der Waals surface area contributed by atoms with E-state index in [0.717, 1.165) is 30.8 Å². The van der Waals surface area contributed by atoms with Gasteiger partial charge in [-0.1, -0.05) is 18.2 Å². The lowest BCUT2D eigenvalue weighted by Crippen LogP contribution is -2.43. The van der Waals surface area contributed by atoms with Gasteiger partial charge in [0.05, 0.1) is 0 Å². The fourth-order valence-corrected chi connectivity index (χ4v) is 4.37. The van der Waals surface area contributed by atoms with Crippen LogP contribution in [0.15, 0.2) is 24.3 Å². The number of fused-ring (bicyclic) bond motifs is 2. The van der Waals surface area contributed by atoms with Crippen molar-refractivity contribution in [2.24, 2.45) is 23.5 Å². The molecule has 1 aliphatic heterocycles. The van der Waals surface area contributed by atoms with E-state index in [-0.39, 0.29) is 0 Å². The van der Waals surface area contributed by atoms with Gasteiger partial charge in [-0.2, -0.15) is 0 Å². The first kappa shape index (κ1) is 12.9. The van der Waals surface area contributed by atoms with E-state index in [1.54, 1.807) is 0 Å². The highest BCUT2D eigenvalue weighted by Crippen LogP contribution is 2.41. The molecular weight excluding hydrogens is 335 g/mol. The number of halogens is 1. The number of likely N-dealkylation sites (tertiary alicyclic amines) is 1. The number of rotatable bonds is 3. The molecule has 2 atom stereocenters. The molecule has 1 saturated heterocycles. The van der Waals surface area contributed by atoms with Crippen LogP contribution < -0.4 is 5.73 Å². The summed E-state index contributed by atoms with van der Waals surface area (Å²) in [6.07, 6.45) is 2.80. The van der Waals surface area contributed by atoms with Crippen molar-refractivity contribution in [3.8, 4) is 0 Å². The second-order valence-electron chi connectivity index (χ2n) is 5.78. The number of nitrogens with zero attached hydrogens (tertiary/aromatic N) is 1. The molecule has 2 N–H and O–H groups in total. The molecule has 2 unspecified atom stereocenters. The average Bonchev–Trinajstić information content (AvgIpc) is 2.62. The van der Waals surface area contributed by atoms with Gasteiger partial charge in [-0.15, -0.1) is 0 Å². The SMILES string of the molecule is NCC1C2CCC1CN(Cc1ccccc1I)C2. The molecule has 98 valence electrons. The summed E-state index contributed by atoms with van der Waals surface area (Å²) in [5.74, 6) is 2.52. The number of hydrogen-bond acceptors (Lipinski definition) is 2. The Morgan fingerprint density at radius 3 is 2.44 bits per heavy atom. The molecule has 2 fully saturated rings. The Balaban J connectivity index is 1.68. The fraction of sp³-hybridized carbons (Fsp3) is 0.600. The highest BCUT2D eigenvalue weighted by atomic mass is 127. The van der Waals surface area contributed by atoms with Crippen LogP contribution in [0.3, 0.4) is 0 Å². The molecule has 0 radical (unpaired) electrons. The van der Waals surface area contributed by atoms with E-state index in [2.05, 4.69) is 51.8 Å². The standard InChI is InChI=1S/C15H21IN2/c16-15-4-2-1-3-13(15)10-18-8-11-5-6-12(9-18)14(11)7-17/h1-4,11-12,14H,5-10,17H2. The number of hydrogen-bond donors (Lipinski definition) is 1. The Kier molecular flexibility index (Phi) is 3.91. The Bertz CT molecular complexity index is 407. The minimum Gasteiger partial charge on any atom is -0.330 e. The van der Waals surface area contributed by atoms with Gasteiger partial charge >= 0.3 is 0 Å². The zero-order valence-corrected chi connectivity index (χ0v) is 12.8. The highest BCUT2D eigenvalue weighted by molar-refractivity contribution is 14.1. The molecule has 2 aliphatic rings. The lowest BCUT2D eigenvalue weighted by atomic mass is 9.85. The summed E-state index contributed by atoms with van der Waals surface area (Å²) in [7, 11) is 0. The molecular formula is C15H21IN2. The highest BCUT2D eigenvalue weighted by Gasteiger charge is 2.40. The van der Waals surface area contributed by atoms with Gasteiger partial charge in [-0.3, -0.25) is 4.90 Å². The van der Waals surface area contributed by atoms with Crippen LogP contribution in [0, 0.1) is 21.3 Å². The molecule has 18 heavy (non-hydrogen) atoms. The quantitative estimate of drug-likeness (QED) is 0.844. The van der Waals surface area contributed by atoms with E-state index >= 15 is 0 Å². The zero-order chi connectivity index (χ0) is 12.5. The van der Waals surface area contributed by atoms with Crippen LogP contribution in [0.1, 0.15) is 18.4 Å². The third-order valence-corrected chi connectivity index (χ3v) is 5.78. The first-order valence-electron chi connectivity index (χ1n) is 6.93. The number of benzene rings is 1. The Hall–Kier alpha value is -0.130. The lowest BCUT2D eigenvalue weighted by Gasteiger charge is -2.37. The summed E-state index contributed by atoms with van der Waals surface area (Å²) in [4.78, 5) is 2.64. The largest absolute Gasteiger partial charge is 0.330 e. The summed E-state index contributed by atoms with van der Waals surface area (Å²) in [5, 5.41) is 0. The third kappa shape index (κ3) is 2.45. The summed E-state index contributed by atoms with van der Waals surface area (Å²) < 4.78 is 1.39. The van der Waals surface area contributed by atoms with Crippen molar-refractivity contribution in [1.29, 1.82) is 0 Å². The molecule has 3 heteroatoms. The summed E-state index contributed by atoms with van der Waals surface area (Å²) >= 11 is 2.45. The smallest absolute Gasteiger partial charge is 0.0244 e. The van der Waals surface area contributed by atoms with Crippen LogP contribution in [0.2, 0.25) is 0 Å².